The first-order valence-electron chi connectivity index (χ1n) is 6.50. The van der Waals surface area contributed by atoms with Gasteiger partial charge in [-0.25, -0.2) is 0 Å². The Morgan fingerprint density at radius 1 is 1.33 bits per heavy atom. The molecule has 0 spiro atoms. The van der Waals surface area contributed by atoms with Crippen LogP contribution in [0.25, 0.3) is 10.9 Å². The van der Waals surface area contributed by atoms with E-state index in [1.165, 1.54) is 22.0 Å². The number of carbonyl (C=O) groups is 1. The molecule has 0 radical (unpaired) electrons. The van der Waals surface area contributed by atoms with E-state index in [-0.39, 0.29) is 5.91 Å². The molecule has 94 valence electrons. The molecule has 0 atom stereocenters. The van der Waals surface area contributed by atoms with Crippen LogP contribution in [0.5, 0.6) is 0 Å². The Hall–Kier alpha value is -1.77. The quantitative estimate of drug-likeness (QED) is 0.754. The number of aromatic nitrogens is 1. The second kappa shape index (κ2) is 3.87. The molecule has 0 saturated carbocycles. The summed E-state index contributed by atoms with van der Waals surface area (Å²) in [7, 11) is 1.88. The van der Waals surface area contributed by atoms with Crippen LogP contribution in [0.2, 0.25) is 0 Å². The van der Waals surface area contributed by atoms with Crippen molar-refractivity contribution in [3.63, 3.8) is 0 Å². The molecule has 3 rings (SSSR count). The number of likely N-dealkylation sites (N-methyl/N-ethyl adjacent to an activating group) is 1. The maximum absolute atomic E-state index is 12.4. The zero-order valence-corrected chi connectivity index (χ0v) is 11.2. The molecule has 0 aliphatic carbocycles. The predicted octanol–water partition coefficient (Wildman–Crippen LogP) is 2.60. The lowest BCUT2D eigenvalue weighted by Gasteiger charge is -2.24. The van der Waals surface area contributed by atoms with Gasteiger partial charge in [-0.15, -0.1) is 0 Å². The normalized spacial score (nSPS) is 15.3. The Bertz CT molecular complexity index is 639. The maximum Gasteiger partial charge on any atom is 0.270 e. The van der Waals surface area contributed by atoms with Crippen molar-refractivity contribution in [1.82, 2.24) is 9.47 Å². The molecule has 1 aromatic heterocycles. The third-order valence-corrected chi connectivity index (χ3v) is 3.89. The number of benzene rings is 1. The summed E-state index contributed by atoms with van der Waals surface area (Å²) in [6.45, 7) is 5.87. The van der Waals surface area contributed by atoms with Crippen LogP contribution in [-0.4, -0.2) is 29.0 Å². The van der Waals surface area contributed by atoms with Gasteiger partial charge in [-0.05, 0) is 38.0 Å². The minimum Gasteiger partial charge on any atom is -0.340 e. The number of aryl methyl sites for hydroxylation is 2. The van der Waals surface area contributed by atoms with Crippen LogP contribution >= 0.6 is 0 Å². The summed E-state index contributed by atoms with van der Waals surface area (Å²) in [6, 6.07) is 6.47. The molecule has 2 heterocycles. The molecule has 0 bridgehead atoms. The number of fused-ring (bicyclic) bond motifs is 3. The summed E-state index contributed by atoms with van der Waals surface area (Å²) in [5.41, 5.74) is 4.58. The molecule has 2 aromatic rings. The van der Waals surface area contributed by atoms with Gasteiger partial charge in [0.05, 0.1) is 0 Å². The Morgan fingerprint density at radius 3 is 2.83 bits per heavy atom. The van der Waals surface area contributed by atoms with E-state index >= 15 is 0 Å². The van der Waals surface area contributed by atoms with Crippen molar-refractivity contribution in [2.45, 2.75) is 26.8 Å². The van der Waals surface area contributed by atoms with Crippen LogP contribution in [0, 0.1) is 6.92 Å². The number of carbonyl (C=O) groups excluding carboxylic acids is 1. The van der Waals surface area contributed by atoms with Crippen molar-refractivity contribution in [1.29, 1.82) is 0 Å². The summed E-state index contributed by atoms with van der Waals surface area (Å²) < 4.78 is 2.15. The number of amides is 1. The van der Waals surface area contributed by atoms with Crippen molar-refractivity contribution in [3.8, 4) is 0 Å². The molecule has 3 heteroatoms. The zero-order valence-electron chi connectivity index (χ0n) is 11.2. The minimum atomic E-state index is 0.159. The number of hydrogen-bond acceptors (Lipinski definition) is 1. The van der Waals surface area contributed by atoms with Crippen LogP contribution < -0.4 is 0 Å². The van der Waals surface area contributed by atoms with Gasteiger partial charge in [0.15, 0.2) is 0 Å². The molecule has 3 nitrogen and oxygen atoms in total. The lowest BCUT2D eigenvalue weighted by Crippen LogP contribution is -2.35. The van der Waals surface area contributed by atoms with Gasteiger partial charge < -0.3 is 9.47 Å². The van der Waals surface area contributed by atoms with Gasteiger partial charge in [-0.3, -0.25) is 4.79 Å². The van der Waals surface area contributed by atoms with Gasteiger partial charge in [0.25, 0.3) is 5.91 Å². The topological polar surface area (TPSA) is 25.2 Å². The first-order valence-corrected chi connectivity index (χ1v) is 6.50. The van der Waals surface area contributed by atoms with Gasteiger partial charge >= 0.3 is 0 Å². The van der Waals surface area contributed by atoms with E-state index in [4.69, 9.17) is 0 Å². The summed E-state index contributed by atoms with van der Waals surface area (Å²) in [4.78, 5) is 14.2. The lowest BCUT2D eigenvalue weighted by atomic mass is 10.0. The molecule has 0 fully saturated rings. The van der Waals surface area contributed by atoms with Crippen molar-refractivity contribution in [2.75, 3.05) is 13.6 Å². The summed E-state index contributed by atoms with van der Waals surface area (Å²) in [5, 5.41) is 1.26. The van der Waals surface area contributed by atoms with Gasteiger partial charge in [0.1, 0.15) is 5.69 Å². The SMILES string of the molecule is CCn1c2c(c3cc(C)ccc31)CCN(C)C2=O. The number of rotatable bonds is 1. The van der Waals surface area contributed by atoms with Crippen molar-refractivity contribution in [2.24, 2.45) is 0 Å². The molecule has 0 unspecified atom stereocenters. The fraction of sp³-hybridized carbons (Fsp3) is 0.400. The van der Waals surface area contributed by atoms with Crippen molar-refractivity contribution in [3.05, 3.63) is 35.0 Å². The molecule has 1 aliphatic rings. The highest BCUT2D eigenvalue weighted by Gasteiger charge is 2.28. The average molecular weight is 242 g/mol. The van der Waals surface area contributed by atoms with Crippen molar-refractivity contribution < 1.29 is 4.79 Å². The highest BCUT2D eigenvalue weighted by Crippen LogP contribution is 2.31. The van der Waals surface area contributed by atoms with E-state index in [0.717, 1.165) is 25.2 Å². The fourth-order valence-corrected chi connectivity index (χ4v) is 2.93. The molecular formula is C15H18N2O. The number of hydrogen-bond donors (Lipinski definition) is 0. The van der Waals surface area contributed by atoms with Crippen LogP contribution in [0.15, 0.2) is 18.2 Å². The summed E-state index contributed by atoms with van der Waals surface area (Å²) in [5.74, 6) is 0.159. The highest BCUT2D eigenvalue weighted by molar-refractivity contribution is 6.02. The lowest BCUT2D eigenvalue weighted by molar-refractivity contribution is 0.0770. The van der Waals surface area contributed by atoms with Crippen LogP contribution in [-0.2, 0) is 13.0 Å². The smallest absolute Gasteiger partial charge is 0.270 e. The minimum absolute atomic E-state index is 0.159. The summed E-state index contributed by atoms with van der Waals surface area (Å²) in [6.07, 6.45) is 0.963. The maximum atomic E-state index is 12.4. The second-order valence-electron chi connectivity index (χ2n) is 5.07. The Labute approximate surface area is 107 Å². The Balaban J connectivity index is 2.39. The standard InChI is InChI=1S/C15H18N2O/c1-4-17-13-6-5-10(2)9-12(13)11-7-8-16(3)15(18)14(11)17/h5-6,9H,4,7-8H2,1-3H3. The zero-order chi connectivity index (χ0) is 12.9. The van der Waals surface area contributed by atoms with Crippen LogP contribution in [0.4, 0.5) is 0 Å². The number of nitrogens with zero attached hydrogens (tertiary/aromatic N) is 2. The van der Waals surface area contributed by atoms with Gasteiger partial charge in [-0.2, -0.15) is 0 Å². The Kier molecular flexibility index (Phi) is 2.44. The molecule has 0 saturated heterocycles. The predicted molar refractivity (Wildman–Crippen MR) is 73.0 cm³/mol. The van der Waals surface area contributed by atoms with E-state index in [2.05, 4.69) is 36.6 Å². The third kappa shape index (κ3) is 1.40. The first-order chi connectivity index (χ1) is 8.63. The molecule has 18 heavy (non-hydrogen) atoms. The van der Waals surface area contributed by atoms with Gasteiger partial charge in [0, 0.05) is 31.0 Å². The highest BCUT2D eigenvalue weighted by atomic mass is 16.2. The molecule has 1 aromatic carbocycles. The molecule has 1 aliphatic heterocycles. The van der Waals surface area contributed by atoms with Gasteiger partial charge in [0.2, 0.25) is 0 Å². The summed E-state index contributed by atoms with van der Waals surface area (Å²) >= 11 is 0. The van der Waals surface area contributed by atoms with Crippen LogP contribution in [0.3, 0.4) is 0 Å². The van der Waals surface area contributed by atoms with Gasteiger partial charge in [-0.1, -0.05) is 11.6 Å². The second-order valence-corrected chi connectivity index (χ2v) is 5.07. The van der Waals surface area contributed by atoms with Crippen LogP contribution in [0.1, 0.15) is 28.5 Å². The molecule has 1 amide bonds. The average Bonchev–Trinajstić information content (AvgIpc) is 2.67. The molecular weight excluding hydrogens is 224 g/mol. The van der Waals surface area contributed by atoms with E-state index in [1.54, 1.807) is 0 Å². The Morgan fingerprint density at radius 2 is 2.11 bits per heavy atom. The van der Waals surface area contributed by atoms with Crippen molar-refractivity contribution >= 4 is 16.8 Å². The molecule has 0 N–H and O–H groups in total. The van der Waals surface area contributed by atoms with E-state index in [1.807, 2.05) is 11.9 Å². The van der Waals surface area contributed by atoms with E-state index in [0.29, 0.717) is 0 Å². The van der Waals surface area contributed by atoms with E-state index in [9.17, 15) is 4.79 Å². The largest absolute Gasteiger partial charge is 0.340 e. The fourth-order valence-electron chi connectivity index (χ4n) is 2.93. The first kappa shape index (κ1) is 11.3. The third-order valence-electron chi connectivity index (χ3n) is 3.89. The van der Waals surface area contributed by atoms with E-state index < -0.39 is 0 Å². The monoisotopic (exact) mass is 242 g/mol.